The maximum Gasteiger partial charge on any atom is 0.337 e. The number of benzene rings is 1. The Bertz CT molecular complexity index is 543. The van der Waals surface area contributed by atoms with E-state index in [-0.39, 0.29) is 22.7 Å². The van der Waals surface area contributed by atoms with Crippen molar-refractivity contribution in [3.63, 3.8) is 0 Å². The fourth-order valence-electron chi connectivity index (χ4n) is 1.83. The summed E-state index contributed by atoms with van der Waals surface area (Å²) in [5.41, 5.74) is 0.318. The van der Waals surface area contributed by atoms with Crippen molar-refractivity contribution in [3.8, 4) is 0 Å². The lowest BCUT2D eigenvalue weighted by atomic mass is 10.2. The third kappa shape index (κ3) is 3.17. The van der Waals surface area contributed by atoms with E-state index in [9.17, 15) is 9.59 Å². The molecule has 6 heteroatoms. The molecular weight excluding hydrogens is 268 g/mol. The second-order valence-corrected chi connectivity index (χ2v) is 5.78. The van der Waals surface area contributed by atoms with Crippen LogP contribution in [0, 0.1) is 5.41 Å². The van der Waals surface area contributed by atoms with Gasteiger partial charge in [-0.05, 0) is 30.0 Å². The van der Waals surface area contributed by atoms with Crippen LogP contribution in [0.2, 0.25) is 5.02 Å². The molecule has 1 aromatic rings. The minimum absolute atomic E-state index is 0.0299. The van der Waals surface area contributed by atoms with Crippen molar-refractivity contribution >= 4 is 29.3 Å². The SMILES string of the molecule is CC1(C)CC1NC(=O)Nc1ccc(Cl)cc1C(=O)O. The second kappa shape index (κ2) is 4.74. The van der Waals surface area contributed by atoms with Gasteiger partial charge in [0, 0.05) is 11.1 Å². The van der Waals surface area contributed by atoms with Crippen LogP contribution in [-0.2, 0) is 0 Å². The Morgan fingerprint density at radius 3 is 2.58 bits per heavy atom. The van der Waals surface area contributed by atoms with E-state index < -0.39 is 12.0 Å². The Kier molecular flexibility index (Phi) is 3.41. The minimum atomic E-state index is -1.13. The van der Waals surface area contributed by atoms with Crippen LogP contribution < -0.4 is 10.6 Å². The number of anilines is 1. The highest BCUT2D eigenvalue weighted by Gasteiger charge is 2.46. The van der Waals surface area contributed by atoms with Crippen molar-refractivity contribution in [1.29, 1.82) is 0 Å². The number of hydrogen-bond donors (Lipinski definition) is 3. The van der Waals surface area contributed by atoms with Crippen molar-refractivity contribution in [3.05, 3.63) is 28.8 Å². The van der Waals surface area contributed by atoms with Crippen LogP contribution in [-0.4, -0.2) is 23.1 Å². The molecule has 102 valence electrons. The summed E-state index contributed by atoms with van der Waals surface area (Å²) in [6.07, 6.45) is 0.923. The molecule has 0 spiro atoms. The summed E-state index contributed by atoms with van der Waals surface area (Å²) in [4.78, 5) is 22.8. The highest BCUT2D eigenvalue weighted by Crippen LogP contribution is 2.44. The van der Waals surface area contributed by atoms with Crippen LogP contribution in [0.25, 0.3) is 0 Å². The molecule has 2 amide bonds. The minimum Gasteiger partial charge on any atom is -0.478 e. The molecule has 2 rings (SSSR count). The number of rotatable bonds is 3. The Morgan fingerprint density at radius 2 is 2.05 bits per heavy atom. The smallest absolute Gasteiger partial charge is 0.337 e. The number of carboxylic acid groups (broad SMARTS) is 1. The zero-order valence-corrected chi connectivity index (χ0v) is 11.4. The van der Waals surface area contributed by atoms with Crippen molar-refractivity contribution in [2.75, 3.05) is 5.32 Å². The lowest BCUT2D eigenvalue weighted by Crippen LogP contribution is -2.33. The van der Waals surface area contributed by atoms with E-state index in [0.29, 0.717) is 5.02 Å². The van der Waals surface area contributed by atoms with Gasteiger partial charge in [-0.3, -0.25) is 0 Å². The van der Waals surface area contributed by atoms with Gasteiger partial charge in [0.05, 0.1) is 11.3 Å². The number of carbonyl (C=O) groups is 2. The predicted molar refractivity (Wildman–Crippen MR) is 72.8 cm³/mol. The number of amides is 2. The number of halogens is 1. The fourth-order valence-corrected chi connectivity index (χ4v) is 2.00. The molecule has 0 heterocycles. The molecule has 1 fully saturated rings. The largest absolute Gasteiger partial charge is 0.478 e. The predicted octanol–water partition coefficient (Wildman–Crippen LogP) is 2.96. The number of carboxylic acids is 1. The zero-order chi connectivity index (χ0) is 14.2. The van der Waals surface area contributed by atoms with E-state index in [1.54, 1.807) is 0 Å². The summed E-state index contributed by atoms with van der Waals surface area (Å²) < 4.78 is 0. The van der Waals surface area contributed by atoms with Gasteiger partial charge in [-0.15, -0.1) is 0 Å². The number of urea groups is 1. The number of nitrogens with one attached hydrogen (secondary N) is 2. The summed E-state index contributed by atoms with van der Waals surface area (Å²) in [6, 6.07) is 4.04. The molecule has 3 N–H and O–H groups in total. The van der Waals surface area contributed by atoms with Crippen LogP contribution >= 0.6 is 11.6 Å². The van der Waals surface area contributed by atoms with Crippen molar-refractivity contribution in [2.24, 2.45) is 5.41 Å². The molecule has 19 heavy (non-hydrogen) atoms. The van der Waals surface area contributed by atoms with E-state index in [1.165, 1.54) is 18.2 Å². The van der Waals surface area contributed by atoms with Gasteiger partial charge in [-0.25, -0.2) is 9.59 Å². The molecule has 1 aromatic carbocycles. The first-order valence-electron chi connectivity index (χ1n) is 5.90. The Balaban J connectivity index is 2.06. The summed E-state index contributed by atoms with van der Waals surface area (Å²) in [5.74, 6) is -1.13. The maximum atomic E-state index is 11.8. The van der Waals surface area contributed by atoms with E-state index in [1.807, 2.05) is 0 Å². The molecule has 0 saturated heterocycles. The molecule has 0 bridgehead atoms. The monoisotopic (exact) mass is 282 g/mol. The third-order valence-electron chi connectivity index (χ3n) is 3.28. The van der Waals surface area contributed by atoms with Crippen LogP contribution in [0.1, 0.15) is 30.6 Å². The summed E-state index contributed by atoms with van der Waals surface area (Å²) in [7, 11) is 0. The van der Waals surface area contributed by atoms with Crippen LogP contribution in [0.5, 0.6) is 0 Å². The second-order valence-electron chi connectivity index (χ2n) is 5.34. The van der Waals surface area contributed by atoms with Gasteiger partial charge in [0.2, 0.25) is 0 Å². The molecule has 1 aliphatic carbocycles. The summed E-state index contributed by atoms with van der Waals surface area (Å²) in [5, 5.41) is 14.7. The van der Waals surface area contributed by atoms with Crippen molar-refractivity contribution < 1.29 is 14.7 Å². The highest BCUT2D eigenvalue weighted by molar-refractivity contribution is 6.31. The van der Waals surface area contributed by atoms with Gasteiger partial charge >= 0.3 is 12.0 Å². The van der Waals surface area contributed by atoms with E-state index in [4.69, 9.17) is 16.7 Å². The van der Waals surface area contributed by atoms with E-state index in [2.05, 4.69) is 24.5 Å². The normalized spacial score (nSPS) is 19.6. The molecule has 1 atom stereocenters. The Hall–Kier alpha value is -1.75. The van der Waals surface area contributed by atoms with Gasteiger partial charge in [0.15, 0.2) is 0 Å². The lowest BCUT2D eigenvalue weighted by molar-refractivity contribution is 0.0698. The average molecular weight is 283 g/mol. The molecule has 1 aliphatic rings. The molecule has 0 radical (unpaired) electrons. The first-order chi connectivity index (χ1) is 8.79. The maximum absolute atomic E-state index is 11.8. The summed E-state index contributed by atoms with van der Waals surface area (Å²) >= 11 is 5.74. The quantitative estimate of drug-likeness (QED) is 0.797. The average Bonchev–Trinajstić information content (AvgIpc) is 2.88. The van der Waals surface area contributed by atoms with Crippen LogP contribution in [0.15, 0.2) is 18.2 Å². The number of carbonyl (C=O) groups excluding carboxylic acids is 1. The van der Waals surface area contributed by atoms with Gasteiger partial charge < -0.3 is 15.7 Å². The number of aromatic carboxylic acids is 1. The Labute approximate surface area is 116 Å². The third-order valence-corrected chi connectivity index (χ3v) is 3.51. The number of hydrogen-bond acceptors (Lipinski definition) is 2. The van der Waals surface area contributed by atoms with E-state index >= 15 is 0 Å². The first-order valence-corrected chi connectivity index (χ1v) is 6.28. The molecule has 1 saturated carbocycles. The van der Waals surface area contributed by atoms with Crippen LogP contribution in [0.3, 0.4) is 0 Å². The Morgan fingerprint density at radius 1 is 1.42 bits per heavy atom. The fraction of sp³-hybridized carbons (Fsp3) is 0.385. The van der Waals surface area contributed by atoms with Crippen molar-refractivity contribution in [1.82, 2.24) is 5.32 Å². The van der Waals surface area contributed by atoms with Gasteiger partial charge in [0.25, 0.3) is 0 Å². The first kappa shape index (κ1) is 13.7. The molecule has 0 aliphatic heterocycles. The summed E-state index contributed by atoms with van der Waals surface area (Å²) in [6.45, 7) is 4.12. The topological polar surface area (TPSA) is 78.4 Å². The zero-order valence-electron chi connectivity index (χ0n) is 10.7. The van der Waals surface area contributed by atoms with Crippen LogP contribution in [0.4, 0.5) is 10.5 Å². The van der Waals surface area contributed by atoms with Gasteiger partial charge in [0.1, 0.15) is 0 Å². The molecular formula is C13H15ClN2O3. The van der Waals surface area contributed by atoms with Gasteiger partial charge in [-0.1, -0.05) is 25.4 Å². The lowest BCUT2D eigenvalue weighted by Gasteiger charge is -2.11. The molecule has 0 aromatic heterocycles. The van der Waals surface area contributed by atoms with E-state index in [0.717, 1.165) is 6.42 Å². The molecule has 5 nitrogen and oxygen atoms in total. The highest BCUT2D eigenvalue weighted by atomic mass is 35.5. The van der Waals surface area contributed by atoms with Gasteiger partial charge in [-0.2, -0.15) is 0 Å². The molecule has 1 unspecified atom stereocenters. The van der Waals surface area contributed by atoms with Crippen molar-refractivity contribution in [2.45, 2.75) is 26.3 Å². The standard InChI is InChI=1S/C13H15ClN2O3/c1-13(2)6-10(13)16-12(19)15-9-4-3-7(14)5-8(9)11(17)18/h3-5,10H,6H2,1-2H3,(H,17,18)(H2,15,16,19).